The minimum atomic E-state index is 0.0537. The van der Waals surface area contributed by atoms with Gasteiger partial charge in [-0.05, 0) is 25.8 Å². The monoisotopic (exact) mass is 341 g/mol. The minimum Gasteiger partial charge on any atom is -0.357 e. The number of H-pyrrole nitrogens is 1. The molecule has 1 amide bonds. The van der Waals surface area contributed by atoms with Gasteiger partial charge in [-0.1, -0.05) is 0 Å². The first kappa shape index (κ1) is 15.1. The van der Waals surface area contributed by atoms with Crippen LogP contribution in [0.4, 0.5) is 0 Å². The van der Waals surface area contributed by atoms with Crippen LogP contribution < -0.4 is 0 Å². The second kappa shape index (κ2) is 6.24. The van der Waals surface area contributed by atoms with Crippen molar-refractivity contribution in [3.8, 4) is 11.3 Å². The number of amides is 1. The average molecular weight is 341 g/mol. The van der Waals surface area contributed by atoms with Crippen LogP contribution in [0.2, 0.25) is 0 Å². The van der Waals surface area contributed by atoms with Crippen LogP contribution in [0.15, 0.2) is 36.4 Å². The molecular weight excluding hydrogens is 322 g/mol. The second-order valence-corrected chi connectivity index (χ2v) is 7.17. The molecule has 1 N–H and O–H groups in total. The maximum absolute atomic E-state index is 12.8. The van der Waals surface area contributed by atoms with E-state index in [9.17, 15) is 4.79 Å². The fourth-order valence-electron chi connectivity index (χ4n) is 3.20. The number of hydrogen-bond acceptors (Lipinski definition) is 4. The first-order chi connectivity index (χ1) is 11.7. The van der Waals surface area contributed by atoms with Gasteiger partial charge in [-0.2, -0.15) is 0 Å². The zero-order chi connectivity index (χ0) is 16.5. The molecule has 3 aromatic rings. The molecule has 24 heavy (non-hydrogen) atoms. The van der Waals surface area contributed by atoms with Crippen LogP contribution in [0.3, 0.4) is 0 Å². The SMILES string of the molecule is Cc1nc(-c2c[nH]c(C(=O)N3CCC[C@H](n4ccnc4)C3)c2)cs1. The van der Waals surface area contributed by atoms with Gasteiger partial charge in [0.25, 0.3) is 5.91 Å². The molecule has 0 bridgehead atoms. The van der Waals surface area contributed by atoms with E-state index >= 15 is 0 Å². The van der Waals surface area contributed by atoms with Crippen LogP contribution in [-0.2, 0) is 0 Å². The Morgan fingerprint density at radius 3 is 3.12 bits per heavy atom. The van der Waals surface area contributed by atoms with Crippen molar-refractivity contribution in [1.82, 2.24) is 24.4 Å². The molecule has 4 rings (SSSR count). The number of thiazole rings is 1. The van der Waals surface area contributed by atoms with E-state index in [4.69, 9.17) is 0 Å². The molecule has 1 atom stereocenters. The molecule has 3 aromatic heterocycles. The first-order valence-corrected chi connectivity index (χ1v) is 8.96. The number of piperidine rings is 1. The van der Waals surface area contributed by atoms with Gasteiger partial charge in [0.1, 0.15) is 5.69 Å². The van der Waals surface area contributed by atoms with Crippen LogP contribution in [0, 0.1) is 6.92 Å². The molecule has 1 fully saturated rings. The van der Waals surface area contributed by atoms with Crippen molar-refractivity contribution in [3.05, 3.63) is 47.1 Å². The summed E-state index contributed by atoms with van der Waals surface area (Å²) in [6.45, 7) is 3.50. The maximum atomic E-state index is 12.8. The number of imidazole rings is 1. The van der Waals surface area contributed by atoms with Gasteiger partial charge in [0.2, 0.25) is 0 Å². The predicted molar refractivity (Wildman–Crippen MR) is 93.0 cm³/mol. The lowest BCUT2D eigenvalue weighted by molar-refractivity contribution is 0.0674. The highest BCUT2D eigenvalue weighted by Gasteiger charge is 2.26. The molecule has 4 heterocycles. The normalized spacial score (nSPS) is 18.0. The molecule has 0 saturated carbocycles. The first-order valence-electron chi connectivity index (χ1n) is 8.08. The van der Waals surface area contributed by atoms with Crippen molar-refractivity contribution in [2.45, 2.75) is 25.8 Å². The number of nitrogens with zero attached hydrogens (tertiary/aromatic N) is 4. The van der Waals surface area contributed by atoms with E-state index < -0.39 is 0 Å². The smallest absolute Gasteiger partial charge is 0.270 e. The van der Waals surface area contributed by atoms with Crippen LogP contribution in [0.5, 0.6) is 0 Å². The third-order valence-corrected chi connectivity index (χ3v) is 5.23. The van der Waals surface area contributed by atoms with Crippen LogP contribution in [0.1, 0.15) is 34.4 Å². The van der Waals surface area contributed by atoms with Crippen molar-refractivity contribution in [2.75, 3.05) is 13.1 Å². The number of carbonyl (C=O) groups is 1. The van der Waals surface area contributed by atoms with Crippen molar-refractivity contribution in [2.24, 2.45) is 0 Å². The summed E-state index contributed by atoms with van der Waals surface area (Å²) in [5, 5.41) is 3.04. The lowest BCUT2D eigenvalue weighted by Crippen LogP contribution is -2.40. The van der Waals surface area contributed by atoms with Crippen molar-refractivity contribution >= 4 is 17.2 Å². The highest BCUT2D eigenvalue weighted by molar-refractivity contribution is 7.09. The standard InChI is InChI=1S/C17H19N5OS/c1-12-20-16(10-24-12)13-7-15(19-8-13)17(23)21-5-2-3-14(9-21)22-6-4-18-11-22/h4,6-8,10-11,14,19H,2-3,5,9H2,1H3/t14-/m0/s1. The van der Waals surface area contributed by atoms with Crippen molar-refractivity contribution in [3.63, 3.8) is 0 Å². The Kier molecular flexibility index (Phi) is 3.93. The number of carbonyl (C=O) groups excluding carboxylic acids is 1. The van der Waals surface area contributed by atoms with Gasteiger partial charge in [-0.3, -0.25) is 4.79 Å². The Morgan fingerprint density at radius 1 is 1.46 bits per heavy atom. The fraction of sp³-hybridized carbons (Fsp3) is 0.353. The molecular formula is C17H19N5OS. The Hall–Kier alpha value is -2.41. The number of nitrogens with one attached hydrogen (secondary N) is 1. The summed E-state index contributed by atoms with van der Waals surface area (Å²) in [6.07, 6.45) is 9.53. The van der Waals surface area contributed by atoms with Crippen molar-refractivity contribution in [1.29, 1.82) is 0 Å². The highest BCUT2D eigenvalue weighted by Crippen LogP contribution is 2.25. The van der Waals surface area contributed by atoms with E-state index in [0.29, 0.717) is 11.7 Å². The Morgan fingerprint density at radius 2 is 2.38 bits per heavy atom. The van der Waals surface area contributed by atoms with E-state index in [0.717, 1.165) is 42.2 Å². The quantitative estimate of drug-likeness (QED) is 0.796. The van der Waals surface area contributed by atoms with Crippen LogP contribution >= 0.6 is 11.3 Å². The van der Waals surface area contributed by atoms with Gasteiger partial charge in [-0.25, -0.2) is 9.97 Å². The van der Waals surface area contributed by atoms with Crippen molar-refractivity contribution < 1.29 is 4.79 Å². The van der Waals surface area contributed by atoms with E-state index in [1.807, 2.05) is 42.0 Å². The van der Waals surface area contributed by atoms with Gasteiger partial charge in [0, 0.05) is 42.6 Å². The number of rotatable bonds is 3. The molecule has 1 aliphatic heterocycles. The van der Waals surface area contributed by atoms with E-state index in [1.165, 1.54) is 0 Å². The lowest BCUT2D eigenvalue weighted by Gasteiger charge is -2.33. The molecule has 0 aromatic carbocycles. The summed E-state index contributed by atoms with van der Waals surface area (Å²) in [6, 6.07) is 2.21. The molecule has 124 valence electrons. The van der Waals surface area contributed by atoms with E-state index in [1.54, 1.807) is 17.5 Å². The summed E-state index contributed by atoms with van der Waals surface area (Å²) < 4.78 is 2.09. The third-order valence-electron chi connectivity index (χ3n) is 4.46. The van der Waals surface area contributed by atoms with Gasteiger partial charge in [0.15, 0.2) is 0 Å². The minimum absolute atomic E-state index is 0.0537. The van der Waals surface area contributed by atoms with Gasteiger partial charge < -0.3 is 14.5 Å². The third kappa shape index (κ3) is 2.87. The molecule has 0 aliphatic carbocycles. The summed E-state index contributed by atoms with van der Waals surface area (Å²) in [4.78, 5) is 26.4. The fourth-order valence-corrected chi connectivity index (χ4v) is 3.82. The second-order valence-electron chi connectivity index (χ2n) is 6.11. The molecule has 0 spiro atoms. The zero-order valence-electron chi connectivity index (χ0n) is 13.5. The van der Waals surface area contributed by atoms with Gasteiger partial charge in [0.05, 0.1) is 23.1 Å². The van der Waals surface area contributed by atoms with Gasteiger partial charge in [-0.15, -0.1) is 11.3 Å². The molecule has 0 radical (unpaired) electrons. The molecule has 0 unspecified atom stereocenters. The Balaban J connectivity index is 1.50. The highest BCUT2D eigenvalue weighted by atomic mass is 32.1. The Labute approximate surface area is 144 Å². The summed E-state index contributed by atoms with van der Waals surface area (Å²) in [7, 11) is 0. The molecule has 1 aliphatic rings. The molecule has 6 nitrogen and oxygen atoms in total. The van der Waals surface area contributed by atoms with Crippen LogP contribution in [0.25, 0.3) is 11.3 Å². The van der Waals surface area contributed by atoms with E-state index in [-0.39, 0.29) is 5.91 Å². The average Bonchev–Trinajstić information content (AvgIpc) is 3.35. The molecule has 7 heteroatoms. The Bertz CT molecular complexity index is 835. The predicted octanol–water partition coefficient (Wildman–Crippen LogP) is 3.12. The largest absolute Gasteiger partial charge is 0.357 e. The van der Waals surface area contributed by atoms with E-state index in [2.05, 4.69) is 19.5 Å². The number of aromatic amines is 1. The molecule has 1 saturated heterocycles. The summed E-state index contributed by atoms with van der Waals surface area (Å²) in [5.41, 5.74) is 2.51. The lowest BCUT2D eigenvalue weighted by atomic mass is 10.1. The number of likely N-dealkylation sites (tertiary alicyclic amines) is 1. The maximum Gasteiger partial charge on any atom is 0.270 e. The summed E-state index contributed by atoms with van der Waals surface area (Å²) >= 11 is 1.61. The number of aryl methyl sites for hydroxylation is 1. The van der Waals surface area contributed by atoms with Crippen LogP contribution in [-0.4, -0.2) is 43.4 Å². The topological polar surface area (TPSA) is 66.8 Å². The summed E-state index contributed by atoms with van der Waals surface area (Å²) in [5.74, 6) is 0.0537. The van der Waals surface area contributed by atoms with Gasteiger partial charge >= 0.3 is 0 Å². The number of aromatic nitrogens is 4. The zero-order valence-corrected chi connectivity index (χ0v) is 14.3. The number of hydrogen-bond donors (Lipinski definition) is 1.